The van der Waals surface area contributed by atoms with E-state index >= 15 is 0 Å². The Labute approximate surface area is 174 Å². The molecular formula is C21H21N3O3S2. The zero-order chi connectivity index (χ0) is 20.3. The van der Waals surface area contributed by atoms with Crippen LogP contribution in [0.5, 0.6) is 0 Å². The van der Waals surface area contributed by atoms with Gasteiger partial charge in [0.1, 0.15) is 0 Å². The maximum Gasteiger partial charge on any atom is 0.252 e. The lowest BCUT2D eigenvalue weighted by Gasteiger charge is -2.12. The van der Waals surface area contributed by atoms with Crippen LogP contribution >= 0.6 is 11.8 Å². The molecule has 1 saturated heterocycles. The summed E-state index contributed by atoms with van der Waals surface area (Å²) in [5, 5.41) is 7.28. The number of para-hydroxylation sites is 1. The van der Waals surface area contributed by atoms with Gasteiger partial charge in [0.15, 0.2) is 9.84 Å². The fourth-order valence-corrected chi connectivity index (χ4v) is 6.87. The number of thioether (sulfide) groups is 1. The van der Waals surface area contributed by atoms with E-state index in [0.29, 0.717) is 18.5 Å². The lowest BCUT2D eigenvalue weighted by Crippen LogP contribution is -2.23. The number of carbonyl (C=O) groups excluding carboxylic acids is 1. The number of hydrogen-bond acceptors (Lipinski definition) is 5. The summed E-state index contributed by atoms with van der Waals surface area (Å²) in [5.74, 6) is 0.220. The van der Waals surface area contributed by atoms with Gasteiger partial charge in [-0.2, -0.15) is 5.10 Å². The largest absolute Gasteiger partial charge is 0.348 e. The van der Waals surface area contributed by atoms with Crippen LogP contribution < -0.4 is 5.32 Å². The molecule has 0 saturated carbocycles. The van der Waals surface area contributed by atoms with Crippen molar-refractivity contribution in [3.8, 4) is 5.69 Å². The van der Waals surface area contributed by atoms with Gasteiger partial charge in [-0.05, 0) is 30.7 Å². The number of hydrogen-bond donors (Lipinski definition) is 1. The second-order valence-corrected chi connectivity index (χ2v) is 10.5. The topological polar surface area (TPSA) is 81.1 Å². The minimum Gasteiger partial charge on any atom is -0.348 e. The van der Waals surface area contributed by atoms with E-state index in [1.165, 1.54) is 11.8 Å². The highest BCUT2D eigenvalue weighted by atomic mass is 32.2. The van der Waals surface area contributed by atoms with Crippen LogP contribution in [0.2, 0.25) is 0 Å². The van der Waals surface area contributed by atoms with E-state index in [0.717, 1.165) is 16.1 Å². The van der Waals surface area contributed by atoms with E-state index in [2.05, 4.69) is 10.4 Å². The van der Waals surface area contributed by atoms with Gasteiger partial charge in [-0.15, -0.1) is 11.8 Å². The van der Waals surface area contributed by atoms with Crippen molar-refractivity contribution < 1.29 is 13.2 Å². The van der Waals surface area contributed by atoms with Gasteiger partial charge < -0.3 is 5.32 Å². The monoisotopic (exact) mass is 427 g/mol. The van der Waals surface area contributed by atoms with Crippen molar-refractivity contribution in [3.05, 3.63) is 78.1 Å². The number of nitrogens with zero attached hydrogens (tertiary/aromatic N) is 2. The van der Waals surface area contributed by atoms with Crippen molar-refractivity contribution in [1.82, 2.24) is 15.1 Å². The first-order chi connectivity index (χ1) is 14.0. The zero-order valence-electron chi connectivity index (χ0n) is 15.7. The quantitative estimate of drug-likeness (QED) is 0.654. The van der Waals surface area contributed by atoms with Crippen molar-refractivity contribution in [3.63, 3.8) is 0 Å². The van der Waals surface area contributed by atoms with E-state index < -0.39 is 9.84 Å². The van der Waals surface area contributed by atoms with Gasteiger partial charge in [0.2, 0.25) is 0 Å². The standard InChI is InChI=1S/C21H21N3O3S2/c25-21(22-12-16-13-23-24(14-16)17-6-2-1-3-7-17)19-8-4-5-9-20(19)28-18-10-11-29(26,27)15-18/h1-9,13-14,18H,10-12,15H2,(H,22,25)/t18-/m1/s1. The van der Waals surface area contributed by atoms with Crippen molar-refractivity contribution >= 4 is 27.5 Å². The summed E-state index contributed by atoms with van der Waals surface area (Å²) < 4.78 is 25.2. The molecule has 1 aromatic heterocycles. The molecule has 2 aromatic carbocycles. The van der Waals surface area contributed by atoms with Crippen LogP contribution in [0, 0.1) is 0 Å². The highest BCUT2D eigenvalue weighted by Gasteiger charge is 2.29. The fraction of sp³-hybridized carbons (Fsp3) is 0.238. The smallest absolute Gasteiger partial charge is 0.252 e. The molecule has 0 aliphatic carbocycles. The van der Waals surface area contributed by atoms with Gasteiger partial charge in [0, 0.05) is 28.5 Å². The number of carbonyl (C=O) groups is 1. The Bertz CT molecular complexity index is 1110. The van der Waals surface area contributed by atoms with E-state index in [1.807, 2.05) is 54.7 Å². The molecule has 0 spiro atoms. The average Bonchev–Trinajstić information content (AvgIpc) is 3.33. The first-order valence-corrected chi connectivity index (χ1v) is 12.0. The summed E-state index contributed by atoms with van der Waals surface area (Å²) in [6.45, 7) is 0.364. The molecule has 0 bridgehead atoms. The third-order valence-electron chi connectivity index (χ3n) is 4.73. The predicted molar refractivity (Wildman–Crippen MR) is 114 cm³/mol. The molecule has 1 aliphatic rings. The molecule has 150 valence electrons. The summed E-state index contributed by atoms with van der Waals surface area (Å²) in [7, 11) is -2.95. The Morgan fingerprint density at radius 1 is 1.14 bits per heavy atom. The number of amides is 1. The first-order valence-electron chi connectivity index (χ1n) is 9.33. The van der Waals surface area contributed by atoms with Crippen molar-refractivity contribution in [2.45, 2.75) is 23.1 Å². The average molecular weight is 428 g/mol. The molecule has 0 radical (unpaired) electrons. The first kappa shape index (κ1) is 19.7. The second kappa shape index (κ2) is 8.42. The van der Waals surface area contributed by atoms with Gasteiger partial charge in [-0.25, -0.2) is 13.1 Å². The zero-order valence-corrected chi connectivity index (χ0v) is 17.3. The normalized spacial score (nSPS) is 17.9. The van der Waals surface area contributed by atoms with Crippen molar-refractivity contribution in [2.75, 3.05) is 11.5 Å². The Morgan fingerprint density at radius 2 is 1.90 bits per heavy atom. The number of rotatable bonds is 6. The molecule has 1 aliphatic heterocycles. The molecule has 1 amide bonds. The summed E-state index contributed by atoms with van der Waals surface area (Å²) in [4.78, 5) is 13.6. The summed E-state index contributed by atoms with van der Waals surface area (Å²) in [6.07, 6.45) is 4.25. The number of nitrogens with one attached hydrogen (secondary N) is 1. The lowest BCUT2D eigenvalue weighted by molar-refractivity contribution is 0.0948. The Hall–Kier alpha value is -2.58. The third kappa shape index (κ3) is 4.89. The second-order valence-electron chi connectivity index (χ2n) is 6.95. The van der Waals surface area contributed by atoms with E-state index in [4.69, 9.17) is 0 Å². The summed E-state index contributed by atoms with van der Waals surface area (Å²) >= 11 is 1.48. The lowest BCUT2D eigenvalue weighted by atomic mass is 10.2. The molecule has 3 aromatic rings. The van der Waals surface area contributed by atoms with E-state index in [-0.39, 0.29) is 22.7 Å². The molecule has 2 heterocycles. The molecule has 4 rings (SSSR count). The predicted octanol–water partition coefficient (Wildman–Crippen LogP) is 3.08. The minimum atomic E-state index is -2.95. The Balaban J connectivity index is 1.41. The SMILES string of the molecule is O=C(NCc1cnn(-c2ccccc2)c1)c1ccccc1S[C@@H]1CCS(=O)(=O)C1. The minimum absolute atomic E-state index is 0.00180. The summed E-state index contributed by atoms with van der Waals surface area (Å²) in [5.41, 5.74) is 2.42. The van der Waals surface area contributed by atoms with Crippen LogP contribution in [0.3, 0.4) is 0 Å². The van der Waals surface area contributed by atoms with Gasteiger partial charge in [-0.3, -0.25) is 4.79 Å². The highest BCUT2D eigenvalue weighted by molar-refractivity contribution is 8.02. The molecule has 8 heteroatoms. The highest BCUT2D eigenvalue weighted by Crippen LogP contribution is 2.33. The maximum absolute atomic E-state index is 12.7. The summed E-state index contributed by atoms with van der Waals surface area (Å²) in [6, 6.07) is 17.1. The van der Waals surface area contributed by atoms with Gasteiger partial charge >= 0.3 is 0 Å². The number of sulfone groups is 1. The number of benzene rings is 2. The van der Waals surface area contributed by atoms with E-state index in [9.17, 15) is 13.2 Å². The van der Waals surface area contributed by atoms with Crippen LogP contribution in [0.25, 0.3) is 5.69 Å². The van der Waals surface area contributed by atoms with Gasteiger partial charge in [0.05, 0.1) is 29.0 Å². The van der Waals surface area contributed by atoms with Crippen LogP contribution in [-0.2, 0) is 16.4 Å². The van der Waals surface area contributed by atoms with Crippen LogP contribution in [0.15, 0.2) is 71.9 Å². The molecule has 6 nitrogen and oxygen atoms in total. The van der Waals surface area contributed by atoms with Crippen LogP contribution in [-0.4, -0.2) is 40.9 Å². The van der Waals surface area contributed by atoms with E-state index in [1.54, 1.807) is 16.9 Å². The molecule has 29 heavy (non-hydrogen) atoms. The van der Waals surface area contributed by atoms with Gasteiger partial charge in [0.25, 0.3) is 5.91 Å². The third-order valence-corrected chi connectivity index (χ3v) is 8.05. The van der Waals surface area contributed by atoms with Crippen molar-refractivity contribution in [1.29, 1.82) is 0 Å². The Morgan fingerprint density at radius 3 is 2.66 bits per heavy atom. The van der Waals surface area contributed by atoms with Crippen LogP contribution in [0.1, 0.15) is 22.3 Å². The van der Waals surface area contributed by atoms with Crippen LogP contribution in [0.4, 0.5) is 0 Å². The molecule has 1 atom stereocenters. The fourth-order valence-electron chi connectivity index (χ4n) is 3.24. The molecular weight excluding hydrogens is 406 g/mol. The van der Waals surface area contributed by atoms with Crippen molar-refractivity contribution in [2.24, 2.45) is 0 Å². The molecule has 0 unspecified atom stereocenters. The Kier molecular flexibility index (Phi) is 5.73. The molecule has 1 N–H and O–H groups in total. The molecule has 1 fully saturated rings. The maximum atomic E-state index is 12.7. The van der Waals surface area contributed by atoms with Gasteiger partial charge in [-0.1, -0.05) is 30.3 Å². The number of aromatic nitrogens is 2.